The van der Waals surface area contributed by atoms with E-state index in [-0.39, 0.29) is 12.2 Å². The van der Waals surface area contributed by atoms with Crippen molar-refractivity contribution >= 4 is 0 Å². The Morgan fingerprint density at radius 3 is 2.12 bits per heavy atom. The van der Waals surface area contributed by atoms with Crippen molar-refractivity contribution in [2.75, 3.05) is 39.3 Å². The van der Waals surface area contributed by atoms with Gasteiger partial charge in [-0.2, -0.15) is 0 Å². The molecule has 4 rings (SSSR count). The molecule has 0 aromatic carbocycles. The van der Waals surface area contributed by atoms with Crippen LogP contribution in [0.2, 0.25) is 0 Å². The summed E-state index contributed by atoms with van der Waals surface area (Å²) in [5.74, 6) is 4.28. The fourth-order valence-electron chi connectivity index (χ4n) is 10.8. The number of hydrogen-bond donors (Lipinski definition) is 6. The Bertz CT molecular complexity index is 811. The second-order valence-electron chi connectivity index (χ2n) is 16.5. The molecule has 0 bridgehead atoms. The van der Waals surface area contributed by atoms with Gasteiger partial charge in [0.25, 0.3) is 0 Å². The molecule has 4 aliphatic rings. The third-order valence-electron chi connectivity index (χ3n) is 13.6. The molecule has 0 aromatic heterocycles. The van der Waals surface area contributed by atoms with Gasteiger partial charge in [0, 0.05) is 6.04 Å². The monoisotopic (exact) mass is 605 g/mol. The number of rotatable bonds is 18. The molecule has 6 nitrogen and oxygen atoms in total. The van der Waals surface area contributed by atoms with Crippen LogP contribution in [0, 0.1) is 52.3 Å². The third kappa shape index (κ3) is 8.57. The minimum atomic E-state index is -0.170. The van der Waals surface area contributed by atoms with Crippen molar-refractivity contribution in [2.45, 2.75) is 143 Å². The molecule has 4 saturated carbocycles. The van der Waals surface area contributed by atoms with E-state index < -0.39 is 0 Å². The van der Waals surface area contributed by atoms with E-state index in [1.54, 1.807) is 0 Å². The fourth-order valence-corrected chi connectivity index (χ4v) is 10.8. The number of unbranched alkanes of at least 4 members (excludes halogenated alkanes) is 1. The van der Waals surface area contributed by atoms with Crippen LogP contribution in [0.3, 0.4) is 0 Å². The van der Waals surface area contributed by atoms with Crippen LogP contribution in [0.25, 0.3) is 0 Å². The van der Waals surface area contributed by atoms with E-state index in [0.717, 1.165) is 70.9 Å². The predicted molar refractivity (Wildman–Crippen MR) is 181 cm³/mol. The lowest BCUT2D eigenvalue weighted by molar-refractivity contribution is -0.167. The van der Waals surface area contributed by atoms with Crippen molar-refractivity contribution in [1.29, 1.82) is 0 Å². The predicted octanol–water partition coefficient (Wildman–Crippen LogP) is 5.71. The second kappa shape index (κ2) is 16.5. The maximum absolute atomic E-state index is 11.8. The first-order chi connectivity index (χ1) is 20.6. The van der Waals surface area contributed by atoms with E-state index >= 15 is 0 Å². The van der Waals surface area contributed by atoms with Crippen molar-refractivity contribution in [3.05, 3.63) is 0 Å². The lowest BCUT2D eigenvalue weighted by Crippen LogP contribution is -2.59. The van der Waals surface area contributed by atoms with Crippen molar-refractivity contribution in [1.82, 2.24) is 16.0 Å². The zero-order valence-electron chi connectivity index (χ0n) is 28.9. The van der Waals surface area contributed by atoms with E-state index in [1.807, 2.05) is 0 Å². The molecule has 11 atom stereocenters. The summed E-state index contributed by atoms with van der Waals surface area (Å²) in [6, 6.07) is 0.619. The van der Waals surface area contributed by atoms with Gasteiger partial charge in [0.1, 0.15) is 0 Å². The van der Waals surface area contributed by atoms with Crippen LogP contribution in [0.15, 0.2) is 0 Å². The van der Waals surface area contributed by atoms with Crippen molar-refractivity contribution in [3.8, 4) is 0 Å². The van der Waals surface area contributed by atoms with E-state index in [9.17, 15) is 10.2 Å². The van der Waals surface area contributed by atoms with Crippen LogP contribution in [-0.2, 0) is 0 Å². The SMILES string of the molecule is CC(C)[C@H](O)CC[C@@H](C)[C@H]1CCC2C3C(CC[C@@]21C)[C@@]1(C)CC[C@H](NCCCNCCCCNCCCN)C[C@H]1C[C@@H]3O. The van der Waals surface area contributed by atoms with Gasteiger partial charge in [-0.1, -0.05) is 34.6 Å². The Kier molecular flexibility index (Phi) is 13.7. The summed E-state index contributed by atoms with van der Waals surface area (Å²) < 4.78 is 0. The number of aliphatic hydroxyl groups is 2. The standard InChI is InChI=1S/C37H72N4O2/c1-26(2)33(42)13-10-27(3)30-11-12-31-35-32(15-17-37(30,31)5)36(4)16-14-29(24-28(36)25-34(35)43)41-23-9-22-40-20-7-6-19-39-21-8-18-38/h26-35,39-43H,6-25,38H2,1-5H3/t27-,28+,29+,30-,31?,32?,33-,34+,35?,36+,37-/m1/s1. The normalized spacial score (nSPS) is 38.9. The third-order valence-corrected chi connectivity index (χ3v) is 13.6. The number of aliphatic hydroxyl groups excluding tert-OH is 2. The largest absolute Gasteiger partial charge is 0.393 e. The Hall–Kier alpha value is -0.240. The molecule has 0 spiro atoms. The summed E-state index contributed by atoms with van der Waals surface area (Å²) in [5.41, 5.74) is 6.30. The van der Waals surface area contributed by atoms with Gasteiger partial charge in [0.15, 0.2) is 0 Å². The van der Waals surface area contributed by atoms with E-state index in [2.05, 4.69) is 50.6 Å². The van der Waals surface area contributed by atoms with Crippen LogP contribution in [-0.4, -0.2) is 67.7 Å². The van der Waals surface area contributed by atoms with Gasteiger partial charge < -0.3 is 31.9 Å². The van der Waals surface area contributed by atoms with Gasteiger partial charge >= 0.3 is 0 Å². The van der Waals surface area contributed by atoms with E-state index in [1.165, 1.54) is 64.2 Å². The second-order valence-corrected chi connectivity index (χ2v) is 16.5. The summed E-state index contributed by atoms with van der Waals surface area (Å²) in [6.07, 6.45) is 16.7. The first-order valence-electron chi connectivity index (χ1n) is 18.8. The molecule has 0 heterocycles. The highest BCUT2D eigenvalue weighted by atomic mass is 16.3. The van der Waals surface area contributed by atoms with Crippen molar-refractivity contribution in [2.24, 2.45) is 58.0 Å². The molecule has 6 heteroatoms. The van der Waals surface area contributed by atoms with Gasteiger partial charge in [-0.15, -0.1) is 0 Å². The Balaban J connectivity index is 1.20. The molecule has 4 aliphatic carbocycles. The van der Waals surface area contributed by atoms with Gasteiger partial charge in [-0.3, -0.25) is 0 Å². The lowest BCUT2D eigenvalue weighted by Gasteiger charge is -2.62. The summed E-state index contributed by atoms with van der Waals surface area (Å²) in [7, 11) is 0. The summed E-state index contributed by atoms with van der Waals surface area (Å²) >= 11 is 0. The Morgan fingerprint density at radius 2 is 1.42 bits per heavy atom. The number of hydrogen-bond acceptors (Lipinski definition) is 6. The summed E-state index contributed by atoms with van der Waals surface area (Å²) in [5, 5.41) is 33.2. The highest BCUT2D eigenvalue weighted by Gasteiger charge is 2.62. The first kappa shape index (κ1) is 35.6. The van der Waals surface area contributed by atoms with E-state index in [0.29, 0.717) is 52.4 Å². The highest BCUT2D eigenvalue weighted by molar-refractivity contribution is 5.12. The van der Waals surface area contributed by atoms with Crippen LogP contribution in [0.5, 0.6) is 0 Å². The zero-order valence-corrected chi connectivity index (χ0v) is 28.9. The van der Waals surface area contributed by atoms with Gasteiger partial charge in [-0.05, 0) is 181 Å². The van der Waals surface area contributed by atoms with Crippen LogP contribution in [0.4, 0.5) is 0 Å². The minimum absolute atomic E-state index is 0.122. The molecule has 0 radical (unpaired) electrons. The molecular formula is C37H72N4O2. The van der Waals surface area contributed by atoms with Gasteiger partial charge in [0.2, 0.25) is 0 Å². The maximum atomic E-state index is 11.8. The highest BCUT2D eigenvalue weighted by Crippen LogP contribution is 2.68. The Morgan fingerprint density at radius 1 is 0.767 bits per heavy atom. The molecule has 0 aromatic rings. The summed E-state index contributed by atoms with van der Waals surface area (Å²) in [6.45, 7) is 18.2. The smallest absolute Gasteiger partial charge is 0.0577 e. The molecule has 4 fully saturated rings. The van der Waals surface area contributed by atoms with Crippen LogP contribution >= 0.6 is 0 Å². The molecule has 43 heavy (non-hydrogen) atoms. The minimum Gasteiger partial charge on any atom is -0.393 e. The molecule has 7 N–H and O–H groups in total. The molecule has 3 unspecified atom stereocenters. The van der Waals surface area contributed by atoms with Gasteiger partial charge in [0.05, 0.1) is 12.2 Å². The quantitative estimate of drug-likeness (QED) is 0.112. The Labute approximate surface area is 265 Å². The topological polar surface area (TPSA) is 103 Å². The average molecular weight is 605 g/mol. The average Bonchev–Trinajstić information content (AvgIpc) is 3.34. The van der Waals surface area contributed by atoms with Crippen LogP contribution in [0.1, 0.15) is 125 Å². The number of fused-ring (bicyclic) bond motifs is 5. The zero-order chi connectivity index (χ0) is 31.0. The molecular weight excluding hydrogens is 532 g/mol. The lowest BCUT2D eigenvalue weighted by atomic mass is 9.43. The molecule has 0 amide bonds. The first-order valence-corrected chi connectivity index (χ1v) is 18.8. The molecule has 0 saturated heterocycles. The summed E-state index contributed by atoms with van der Waals surface area (Å²) in [4.78, 5) is 0. The fraction of sp³-hybridized carbons (Fsp3) is 1.00. The van der Waals surface area contributed by atoms with E-state index in [4.69, 9.17) is 5.73 Å². The number of nitrogens with one attached hydrogen (secondary N) is 3. The molecule has 0 aliphatic heterocycles. The number of nitrogens with two attached hydrogens (primary N) is 1. The molecule has 252 valence electrons. The van der Waals surface area contributed by atoms with Crippen molar-refractivity contribution < 1.29 is 10.2 Å². The maximum Gasteiger partial charge on any atom is 0.0577 e. The van der Waals surface area contributed by atoms with Crippen LogP contribution < -0.4 is 21.7 Å². The van der Waals surface area contributed by atoms with Gasteiger partial charge in [-0.25, -0.2) is 0 Å². The van der Waals surface area contributed by atoms with Crippen molar-refractivity contribution in [3.63, 3.8) is 0 Å².